The van der Waals surface area contributed by atoms with Crippen molar-refractivity contribution in [1.82, 2.24) is 0 Å². The smallest absolute Gasteiger partial charge is 0.118 e. The van der Waals surface area contributed by atoms with Crippen molar-refractivity contribution >= 4 is 11.6 Å². The first-order chi connectivity index (χ1) is 9.13. The lowest BCUT2D eigenvalue weighted by atomic mass is 9.93. The third-order valence-electron chi connectivity index (χ3n) is 3.30. The molecule has 2 aromatic carbocycles. The monoisotopic (exact) mass is 274 g/mol. The molecule has 2 heteroatoms. The van der Waals surface area contributed by atoms with E-state index in [2.05, 4.69) is 32.0 Å². The molecule has 0 bridgehead atoms. The van der Waals surface area contributed by atoms with E-state index < -0.39 is 0 Å². The molecule has 0 spiro atoms. The summed E-state index contributed by atoms with van der Waals surface area (Å²) in [6, 6.07) is 16.3. The molecule has 0 aliphatic heterocycles. The highest BCUT2D eigenvalue weighted by atomic mass is 35.5. The van der Waals surface area contributed by atoms with E-state index in [4.69, 9.17) is 16.3 Å². The molecule has 0 aliphatic carbocycles. The zero-order chi connectivity index (χ0) is 13.8. The van der Waals surface area contributed by atoms with Crippen LogP contribution in [0.3, 0.4) is 0 Å². The van der Waals surface area contributed by atoms with E-state index in [0.717, 1.165) is 11.3 Å². The number of alkyl halides is 1. The molecule has 0 saturated carbocycles. The summed E-state index contributed by atoms with van der Waals surface area (Å²) >= 11 is 6.64. The predicted octanol–water partition coefficient (Wildman–Crippen LogP) is 5.15. The number of hydrogen-bond acceptors (Lipinski definition) is 1. The van der Waals surface area contributed by atoms with Gasteiger partial charge in [-0.3, -0.25) is 0 Å². The number of rotatable bonds is 4. The van der Waals surface area contributed by atoms with Gasteiger partial charge in [0, 0.05) is 0 Å². The number of ether oxygens (including phenoxy) is 1. The third-order valence-corrected chi connectivity index (χ3v) is 3.79. The molecular weight excluding hydrogens is 256 g/mol. The molecule has 0 amide bonds. The second kappa shape index (κ2) is 6.12. The Morgan fingerprint density at radius 2 is 1.47 bits per heavy atom. The summed E-state index contributed by atoms with van der Waals surface area (Å²) in [7, 11) is 1.67. The summed E-state index contributed by atoms with van der Waals surface area (Å²) in [5, 5.41) is -0.121. The van der Waals surface area contributed by atoms with Gasteiger partial charge in [-0.2, -0.15) is 0 Å². The summed E-state index contributed by atoms with van der Waals surface area (Å²) in [6.45, 7) is 4.38. The average molecular weight is 275 g/mol. The van der Waals surface area contributed by atoms with E-state index in [1.807, 2.05) is 30.3 Å². The van der Waals surface area contributed by atoms with Gasteiger partial charge in [-0.25, -0.2) is 0 Å². The van der Waals surface area contributed by atoms with E-state index >= 15 is 0 Å². The number of benzene rings is 2. The zero-order valence-corrected chi connectivity index (χ0v) is 12.3. The summed E-state index contributed by atoms with van der Waals surface area (Å²) in [5.74, 6) is 1.32. The highest BCUT2D eigenvalue weighted by molar-refractivity contribution is 6.22. The molecule has 0 N–H and O–H groups in total. The fourth-order valence-electron chi connectivity index (χ4n) is 2.22. The first-order valence-corrected chi connectivity index (χ1v) is 6.94. The van der Waals surface area contributed by atoms with Gasteiger partial charge in [0.25, 0.3) is 0 Å². The van der Waals surface area contributed by atoms with Crippen LogP contribution in [0.4, 0.5) is 0 Å². The zero-order valence-electron chi connectivity index (χ0n) is 11.6. The predicted molar refractivity (Wildman–Crippen MR) is 81.2 cm³/mol. The van der Waals surface area contributed by atoms with Crippen molar-refractivity contribution in [3.05, 3.63) is 65.2 Å². The minimum atomic E-state index is -0.121. The molecular formula is C17H19ClO. The summed E-state index contributed by atoms with van der Waals surface area (Å²) < 4.78 is 5.17. The maximum absolute atomic E-state index is 6.64. The first-order valence-electron chi connectivity index (χ1n) is 6.50. The van der Waals surface area contributed by atoms with Crippen molar-refractivity contribution in [2.75, 3.05) is 7.11 Å². The first kappa shape index (κ1) is 14.0. The average Bonchev–Trinajstić information content (AvgIpc) is 2.46. The Kier molecular flexibility index (Phi) is 4.49. The van der Waals surface area contributed by atoms with Gasteiger partial charge in [0.15, 0.2) is 0 Å². The Labute approximate surface area is 120 Å². The van der Waals surface area contributed by atoms with Crippen molar-refractivity contribution < 1.29 is 4.74 Å². The molecule has 0 aliphatic rings. The van der Waals surface area contributed by atoms with Gasteiger partial charge in [0.05, 0.1) is 12.5 Å². The minimum Gasteiger partial charge on any atom is -0.497 e. The Morgan fingerprint density at radius 3 is 2.00 bits per heavy atom. The van der Waals surface area contributed by atoms with Gasteiger partial charge < -0.3 is 4.74 Å². The van der Waals surface area contributed by atoms with E-state index in [-0.39, 0.29) is 5.38 Å². The van der Waals surface area contributed by atoms with Crippen molar-refractivity contribution in [2.24, 2.45) is 0 Å². The largest absolute Gasteiger partial charge is 0.497 e. The van der Waals surface area contributed by atoms with Gasteiger partial charge in [0.1, 0.15) is 5.75 Å². The molecule has 0 fully saturated rings. The summed E-state index contributed by atoms with van der Waals surface area (Å²) in [4.78, 5) is 0. The Balaban J connectivity index is 2.35. The summed E-state index contributed by atoms with van der Waals surface area (Å²) in [6.07, 6.45) is 0. The fraction of sp³-hybridized carbons (Fsp3) is 0.294. The van der Waals surface area contributed by atoms with E-state index in [0.29, 0.717) is 5.92 Å². The number of hydrogen-bond donors (Lipinski definition) is 0. The van der Waals surface area contributed by atoms with Crippen LogP contribution in [0, 0.1) is 0 Å². The molecule has 19 heavy (non-hydrogen) atoms. The highest BCUT2D eigenvalue weighted by Gasteiger charge is 2.16. The van der Waals surface area contributed by atoms with Crippen LogP contribution in [0.25, 0.3) is 0 Å². The van der Waals surface area contributed by atoms with Crippen LogP contribution >= 0.6 is 11.6 Å². The molecule has 1 unspecified atom stereocenters. The van der Waals surface area contributed by atoms with Crippen LogP contribution in [0.2, 0.25) is 0 Å². The van der Waals surface area contributed by atoms with Gasteiger partial charge >= 0.3 is 0 Å². The SMILES string of the molecule is COc1ccc(C(Cl)c2ccccc2C(C)C)cc1. The summed E-state index contributed by atoms with van der Waals surface area (Å²) in [5.41, 5.74) is 3.58. The Hall–Kier alpha value is -1.47. The molecule has 1 nitrogen and oxygen atoms in total. The lowest BCUT2D eigenvalue weighted by molar-refractivity contribution is 0.414. The maximum atomic E-state index is 6.64. The van der Waals surface area contributed by atoms with Crippen molar-refractivity contribution in [1.29, 1.82) is 0 Å². The van der Waals surface area contributed by atoms with Crippen LogP contribution in [0.1, 0.15) is 41.8 Å². The van der Waals surface area contributed by atoms with Gasteiger partial charge in [-0.05, 0) is 34.7 Å². The second-order valence-corrected chi connectivity index (χ2v) is 5.36. The normalized spacial score (nSPS) is 12.5. The van der Waals surface area contributed by atoms with Crippen LogP contribution in [-0.2, 0) is 0 Å². The molecule has 100 valence electrons. The van der Waals surface area contributed by atoms with Crippen LogP contribution in [-0.4, -0.2) is 7.11 Å². The molecule has 0 heterocycles. The van der Waals surface area contributed by atoms with Crippen molar-refractivity contribution in [3.63, 3.8) is 0 Å². The van der Waals surface area contributed by atoms with E-state index in [1.54, 1.807) is 7.11 Å². The molecule has 2 rings (SSSR count). The van der Waals surface area contributed by atoms with Gasteiger partial charge in [-0.15, -0.1) is 11.6 Å². The van der Waals surface area contributed by atoms with E-state index in [9.17, 15) is 0 Å². The molecule has 0 saturated heterocycles. The lowest BCUT2D eigenvalue weighted by Crippen LogP contribution is -2.00. The van der Waals surface area contributed by atoms with E-state index in [1.165, 1.54) is 11.1 Å². The molecule has 0 aromatic heterocycles. The van der Waals surface area contributed by atoms with Crippen molar-refractivity contribution in [3.8, 4) is 5.75 Å². The molecule has 2 aromatic rings. The van der Waals surface area contributed by atoms with Gasteiger partial charge in [0.2, 0.25) is 0 Å². The quantitative estimate of drug-likeness (QED) is 0.701. The highest BCUT2D eigenvalue weighted by Crippen LogP contribution is 2.34. The lowest BCUT2D eigenvalue weighted by Gasteiger charge is -2.17. The Bertz CT molecular complexity index is 531. The Morgan fingerprint density at radius 1 is 0.895 bits per heavy atom. The number of halogens is 1. The maximum Gasteiger partial charge on any atom is 0.118 e. The van der Waals surface area contributed by atoms with Crippen LogP contribution in [0.5, 0.6) is 5.75 Å². The topological polar surface area (TPSA) is 9.23 Å². The minimum absolute atomic E-state index is 0.121. The molecule has 0 radical (unpaired) electrons. The van der Waals surface area contributed by atoms with Gasteiger partial charge in [-0.1, -0.05) is 50.2 Å². The van der Waals surface area contributed by atoms with Crippen molar-refractivity contribution in [2.45, 2.75) is 25.1 Å². The standard InChI is InChI=1S/C17H19ClO/c1-12(2)15-6-4-5-7-16(15)17(18)13-8-10-14(19-3)11-9-13/h4-12,17H,1-3H3. The number of methoxy groups -OCH3 is 1. The van der Waals surface area contributed by atoms with Crippen LogP contribution < -0.4 is 4.74 Å². The molecule has 1 atom stereocenters. The fourth-order valence-corrected chi connectivity index (χ4v) is 2.56. The van der Waals surface area contributed by atoms with Crippen LogP contribution in [0.15, 0.2) is 48.5 Å². The second-order valence-electron chi connectivity index (χ2n) is 4.92. The third kappa shape index (κ3) is 3.10.